The van der Waals surface area contributed by atoms with Crippen molar-refractivity contribution in [1.82, 2.24) is 0 Å². The first-order valence-electron chi connectivity index (χ1n) is 4.10. The maximum atomic E-state index is 11.3. The fraction of sp³-hybridized carbons (Fsp3) is 0.300. The van der Waals surface area contributed by atoms with Crippen LogP contribution in [0.25, 0.3) is 0 Å². The molecule has 0 aliphatic rings. The van der Waals surface area contributed by atoms with Gasteiger partial charge in [-0.3, -0.25) is 4.79 Å². The monoisotopic (exact) mass is 180 g/mol. The third-order valence-electron chi connectivity index (χ3n) is 1.67. The van der Waals surface area contributed by atoms with E-state index >= 15 is 0 Å². The van der Waals surface area contributed by atoms with Crippen LogP contribution in [0.2, 0.25) is 0 Å². The van der Waals surface area contributed by atoms with Crippen molar-refractivity contribution in [2.24, 2.45) is 0 Å². The van der Waals surface area contributed by atoms with E-state index < -0.39 is 6.10 Å². The molecule has 0 saturated heterocycles. The number of aliphatic hydroxyl groups excluding tert-OH is 1. The first kappa shape index (κ1) is 9.74. The number of rotatable bonds is 3. The summed E-state index contributed by atoms with van der Waals surface area (Å²) in [6, 6.07) is 5.99. The normalized spacial score (nSPS) is 12.5. The number of aromatic hydroxyl groups is 1. The molecule has 0 aliphatic carbocycles. The summed E-state index contributed by atoms with van der Waals surface area (Å²) in [6.45, 7) is 1.57. The smallest absolute Gasteiger partial charge is 0.165 e. The third kappa shape index (κ3) is 2.87. The molecule has 0 aliphatic heterocycles. The van der Waals surface area contributed by atoms with E-state index in [0.29, 0.717) is 5.56 Å². The predicted molar refractivity (Wildman–Crippen MR) is 48.7 cm³/mol. The lowest BCUT2D eigenvalue weighted by Crippen LogP contribution is -2.09. The van der Waals surface area contributed by atoms with E-state index in [1.54, 1.807) is 19.1 Å². The van der Waals surface area contributed by atoms with Crippen molar-refractivity contribution in [3.05, 3.63) is 29.8 Å². The van der Waals surface area contributed by atoms with Gasteiger partial charge in [0, 0.05) is 12.0 Å². The molecule has 0 bridgehead atoms. The minimum Gasteiger partial charge on any atom is -0.508 e. The SMILES string of the molecule is C[C@@H](O)CC(=O)c1ccc(O)cc1. The zero-order chi connectivity index (χ0) is 9.84. The number of benzene rings is 1. The van der Waals surface area contributed by atoms with E-state index in [1.807, 2.05) is 0 Å². The van der Waals surface area contributed by atoms with Gasteiger partial charge in [-0.25, -0.2) is 0 Å². The predicted octanol–water partition coefficient (Wildman–Crippen LogP) is 1.35. The van der Waals surface area contributed by atoms with Gasteiger partial charge in [-0.15, -0.1) is 0 Å². The Hall–Kier alpha value is -1.35. The van der Waals surface area contributed by atoms with Gasteiger partial charge in [0.2, 0.25) is 0 Å². The van der Waals surface area contributed by atoms with Crippen LogP contribution in [-0.2, 0) is 0 Å². The Bertz CT molecular complexity index is 288. The number of carbonyl (C=O) groups excluding carboxylic acids is 1. The highest BCUT2D eigenvalue weighted by molar-refractivity contribution is 5.96. The molecular formula is C10H12O3. The van der Waals surface area contributed by atoms with Gasteiger partial charge in [-0.2, -0.15) is 0 Å². The summed E-state index contributed by atoms with van der Waals surface area (Å²) >= 11 is 0. The van der Waals surface area contributed by atoms with Gasteiger partial charge in [0.25, 0.3) is 0 Å². The Morgan fingerprint density at radius 1 is 1.38 bits per heavy atom. The molecule has 0 radical (unpaired) electrons. The van der Waals surface area contributed by atoms with Crippen LogP contribution in [0.5, 0.6) is 5.75 Å². The van der Waals surface area contributed by atoms with Crippen LogP contribution in [0.15, 0.2) is 24.3 Å². The van der Waals surface area contributed by atoms with Crippen LogP contribution < -0.4 is 0 Å². The lowest BCUT2D eigenvalue weighted by Gasteiger charge is -2.02. The first-order valence-corrected chi connectivity index (χ1v) is 4.10. The van der Waals surface area contributed by atoms with Crippen molar-refractivity contribution in [2.75, 3.05) is 0 Å². The molecule has 0 unspecified atom stereocenters. The van der Waals surface area contributed by atoms with E-state index in [4.69, 9.17) is 10.2 Å². The number of phenols is 1. The molecule has 0 aromatic heterocycles. The second kappa shape index (κ2) is 4.05. The molecule has 1 aromatic carbocycles. The van der Waals surface area contributed by atoms with Crippen molar-refractivity contribution in [2.45, 2.75) is 19.4 Å². The molecule has 1 atom stereocenters. The topological polar surface area (TPSA) is 57.5 Å². The lowest BCUT2D eigenvalue weighted by molar-refractivity contribution is 0.0901. The highest BCUT2D eigenvalue weighted by Gasteiger charge is 2.08. The van der Waals surface area contributed by atoms with E-state index in [2.05, 4.69) is 0 Å². The van der Waals surface area contributed by atoms with Crippen molar-refractivity contribution in [3.63, 3.8) is 0 Å². The first-order chi connectivity index (χ1) is 6.09. The van der Waals surface area contributed by atoms with Crippen molar-refractivity contribution < 1.29 is 15.0 Å². The Labute approximate surface area is 76.6 Å². The fourth-order valence-electron chi connectivity index (χ4n) is 1.03. The number of hydrogen-bond acceptors (Lipinski definition) is 3. The van der Waals surface area contributed by atoms with E-state index in [1.165, 1.54) is 12.1 Å². The Morgan fingerprint density at radius 2 is 1.92 bits per heavy atom. The Kier molecular flexibility index (Phi) is 3.03. The van der Waals surface area contributed by atoms with Crippen LogP contribution in [0.4, 0.5) is 0 Å². The van der Waals surface area contributed by atoms with Crippen molar-refractivity contribution in [1.29, 1.82) is 0 Å². The summed E-state index contributed by atoms with van der Waals surface area (Å²) in [5.74, 6) is 0.0172. The Morgan fingerprint density at radius 3 is 2.38 bits per heavy atom. The molecule has 13 heavy (non-hydrogen) atoms. The average Bonchev–Trinajstić information content (AvgIpc) is 2.04. The maximum absolute atomic E-state index is 11.3. The standard InChI is InChI=1S/C10H12O3/c1-7(11)6-10(13)8-2-4-9(12)5-3-8/h2-5,7,11-12H,6H2,1H3/t7-/m1/s1. The molecule has 3 heteroatoms. The molecule has 0 fully saturated rings. The number of carbonyl (C=O) groups is 1. The summed E-state index contributed by atoms with van der Waals surface area (Å²) < 4.78 is 0. The van der Waals surface area contributed by atoms with E-state index in [-0.39, 0.29) is 18.0 Å². The van der Waals surface area contributed by atoms with Gasteiger partial charge < -0.3 is 10.2 Å². The second-order valence-corrected chi connectivity index (χ2v) is 3.02. The van der Waals surface area contributed by atoms with Crippen LogP contribution >= 0.6 is 0 Å². The summed E-state index contributed by atoms with van der Waals surface area (Å²) in [4.78, 5) is 11.3. The van der Waals surface area contributed by atoms with Gasteiger partial charge >= 0.3 is 0 Å². The van der Waals surface area contributed by atoms with Crippen LogP contribution in [0, 0.1) is 0 Å². The third-order valence-corrected chi connectivity index (χ3v) is 1.67. The quantitative estimate of drug-likeness (QED) is 0.690. The van der Waals surface area contributed by atoms with Gasteiger partial charge in [-0.1, -0.05) is 0 Å². The lowest BCUT2D eigenvalue weighted by atomic mass is 10.1. The number of phenolic OH excluding ortho intramolecular Hbond substituents is 1. The van der Waals surface area contributed by atoms with Crippen LogP contribution in [0.3, 0.4) is 0 Å². The molecule has 70 valence electrons. The molecule has 3 nitrogen and oxygen atoms in total. The van der Waals surface area contributed by atoms with E-state index in [0.717, 1.165) is 0 Å². The molecule has 0 spiro atoms. The molecule has 2 N–H and O–H groups in total. The fourth-order valence-corrected chi connectivity index (χ4v) is 1.03. The highest BCUT2D eigenvalue weighted by atomic mass is 16.3. The van der Waals surface area contributed by atoms with Crippen LogP contribution in [0.1, 0.15) is 23.7 Å². The summed E-state index contributed by atoms with van der Waals surface area (Å²) in [7, 11) is 0. The summed E-state index contributed by atoms with van der Waals surface area (Å²) in [6.07, 6.45) is -0.508. The van der Waals surface area contributed by atoms with Crippen LogP contribution in [-0.4, -0.2) is 22.1 Å². The summed E-state index contributed by atoms with van der Waals surface area (Å²) in [5.41, 5.74) is 0.513. The zero-order valence-corrected chi connectivity index (χ0v) is 7.40. The van der Waals surface area contributed by atoms with E-state index in [9.17, 15) is 4.79 Å². The zero-order valence-electron chi connectivity index (χ0n) is 7.40. The number of ketones is 1. The van der Waals surface area contributed by atoms with Gasteiger partial charge in [0.05, 0.1) is 6.10 Å². The molecule has 1 aromatic rings. The highest BCUT2D eigenvalue weighted by Crippen LogP contribution is 2.11. The molecule has 1 rings (SSSR count). The van der Waals surface area contributed by atoms with Gasteiger partial charge in [0.15, 0.2) is 5.78 Å². The minimum atomic E-state index is -0.624. The number of aliphatic hydroxyl groups is 1. The Balaban J connectivity index is 2.72. The number of hydrogen-bond donors (Lipinski definition) is 2. The molecular weight excluding hydrogens is 168 g/mol. The van der Waals surface area contributed by atoms with Crippen molar-refractivity contribution in [3.8, 4) is 5.75 Å². The largest absolute Gasteiger partial charge is 0.508 e. The van der Waals surface area contributed by atoms with Gasteiger partial charge in [0.1, 0.15) is 5.75 Å². The second-order valence-electron chi connectivity index (χ2n) is 3.02. The average molecular weight is 180 g/mol. The summed E-state index contributed by atoms with van der Waals surface area (Å²) in [5, 5.41) is 17.9. The molecule has 0 saturated carbocycles. The number of Topliss-reactive ketones (excluding diaryl/α,β-unsaturated/α-hetero) is 1. The maximum Gasteiger partial charge on any atom is 0.165 e. The molecule has 0 heterocycles. The molecule has 0 amide bonds. The minimum absolute atomic E-state index is 0.116. The van der Waals surface area contributed by atoms with Gasteiger partial charge in [-0.05, 0) is 31.2 Å². The van der Waals surface area contributed by atoms with Crippen molar-refractivity contribution >= 4 is 5.78 Å².